The highest BCUT2D eigenvalue weighted by atomic mass is 19.1. The van der Waals surface area contributed by atoms with Crippen LogP contribution in [0.2, 0.25) is 0 Å². The molecule has 0 fully saturated rings. The first kappa shape index (κ1) is 12.6. The smallest absolute Gasteiger partial charge is 0.128 e. The number of hydrogen-bond acceptors (Lipinski definition) is 1. The molecule has 2 aromatic carbocycles. The molecule has 0 aromatic heterocycles. The van der Waals surface area contributed by atoms with Gasteiger partial charge in [0.05, 0.1) is 0 Å². The van der Waals surface area contributed by atoms with Crippen molar-refractivity contribution in [1.82, 2.24) is 0 Å². The highest BCUT2D eigenvalue weighted by Crippen LogP contribution is 2.15. The predicted molar refractivity (Wildman–Crippen MR) is 69.5 cm³/mol. The molecule has 0 radical (unpaired) electrons. The lowest BCUT2D eigenvalue weighted by molar-refractivity contribution is 0.587. The van der Waals surface area contributed by atoms with E-state index in [1.54, 1.807) is 0 Å². The van der Waals surface area contributed by atoms with Gasteiger partial charge in [0, 0.05) is 17.8 Å². The van der Waals surface area contributed by atoms with Gasteiger partial charge in [0.1, 0.15) is 11.6 Å². The van der Waals surface area contributed by atoms with Crippen LogP contribution in [0.4, 0.5) is 14.5 Å². The van der Waals surface area contributed by atoms with Gasteiger partial charge in [0.15, 0.2) is 0 Å². The molecule has 2 rings (SSSR count). The summed E-state index contributed by atoms with van der Waals surface area (Å²) in [6.45, 7) is 2.35. The van der Waals surface area contributed by atoms with E-state index in [0.29, 0.717) is 5.56 Å². The van der Waals surface area contributed by atoms with Crippen molar-refractivity contribution in [2.24, 2.45) is 0 Å². The molecule has 0 atom stereocenters. The Kier molecular flexibility index (Phi) is 3.92. The highest BCUT2D eigenvalue weighted by molar-refractivity contribution is 5.46. The second-order valence-electron chi connectivity index (χ2n) is 4.14. The van der Waals surface area contributed by atoms with Crippen LogP contribution in [0.25, 0.3) is 0 Å². The normalized spacial score (nSPS) is 10.4. The van der Waals surface area contributed by atoms with Crippen LogP contribution in [0.1, 0.15) is 18.1 Å². The zero-order chi connectivity index (χ0) is 13.0. The zero-order valence-electron chi connectivity index (χ0n) is 10.2. The Morgan fingerprint density at radius 2 is 1.89 bits per heavy atom. The van der Waals surface area contributed by atoms with Crippen molar-refractivity contribution in [2.75, 3.05) is 5.32 Å². The van der Waals surface area contributed by atoms with E-state index in [1.165, 1.54) is 11.6 Å². The molecule has 0 unspecified atom stereocenters. The third-order valence-corrected chi connectivity index (χ3v) is 2.83. The fourth-order valence-electron chi connectivity index (χ4n) is 1.78. The van der Waals surface area contributed by atoms with Gasteiger partial charge in [-0.2, -0.15) is 0 Å². The topological polar surface area (TPSA) is 12.0 Å². The molecule has 1 N–H and O–H groups in total. The van der Waals surface area contributed by atoms with Crippen LogP contribution in [0.3, 0.4) is 0 Å². The van der Waals surface area contributed by atoms with Gasteiger partial charge in [-0.25, -0.2) is 8.78 Å². The molecule has 0 spiro atoms. The van der Waals surface area contributed by atoms with Gasteiger partial charge in [-0.3, -0.25) is 0 Å². The molecule has 0 bridgehead atoms. The Balaban J connectivity index is 2.08. The molecule has 0 heterocycles. The zero-order valence-corrected chi connectivity index (χ0v) is 10.2. The summed E-state index contributed by atoms with van der Waals surface area (Å²) >= 11 is 0. The number of benzene rings is 2. The molecule has 0 aliphatic carbocycles. The fourth-order valence-corrected chi connectivity index (χ4v) is 1.78. The first-order valence-electron chi connectivity index (χ1n) is 5.96. The van der Waals surface area contributed by atoms with Gasteiger partial charge in [-0.15, -0.1) is 0 Å². The Bertz CT molecular complexity index is 538. The average molecular weight is 247 g/mol. The van der Waals surface area contributed by atoms with E-state index in [2.05, 4.69) is 12.2 Å². The SMILES string of the molecule is CCc1cccc(NCc2cc(F)ccc2F)c1. The minimum atomic E-state index is -0.421. The Morgan fingerprint density at radius 1 is 1.06 bits per heavy atom. The summed E-state index contributed by atoms with van der Waals surface area (Å²) in [7, 11) is 0. The maximum atomic E-state index is 13.4. The second-order valence-corrected chi connectivity index (χ2v) is 4.14. The van der Waals surface area contributed by atoms with E-state index in [4.69, 9.17) is 0 Å². The van der Waals surface area contributed by atoms with Crippen molar-refractivity contribution < 1.29 is 8.78 Å². The largest absolute Gasteiger partial charge is 0.381 e. The first-order chi connectivity index (χ1) is 8.69. The predicted octanol–water partition coefficient (Wildman–Crippen LogP) is 4.14. The van der Waals surface area contributed by atoms with E-state index >= 15 is 0 Å². The lowest BCUT2D eigenvalue weighted by Gasteiger charge is -2.08. The molecule has 94 valence electrons. The minimum absolute atomic E-state index is 0.275. The van der Waals surface area contributed by atoms with Crippen LogP contribution < -0.4 is 5.32 Å². The molecule has 3 heteroatoms. The third kappa shape index (κ3) is 3.06. The number of halogens is 2. The number of nitrogens with one attached hydrogen (secondary N) is 1. The van der Waals surface area contributed by atoms with Crippen LogP contribution in [0, 0.1) is 11.6 Å². The summed E-state index contributed by atoms with van der Waals surface area (Å²) in [5, 5.41) is 3.10. The van der Waals surface area contributed by atoms with Crippen molar-refractivity contribution in [2.45, 2.75) is 19.9 Å². The minimum Gasteiger partial charge on any atom is -0.381 e. The van der Waals surface area contributed by atoms with Gasteiger partial charge >= 0.3 is 0 Å². The number of anilines is 1. The number of hydrogen-bond donors (Lipinski definition) is 1. The second kappa shape index (κ2) is 5.63. The molecule has 2 aromatic rings. The van der Waals surface area contributed by atoms with Crippen LogP contribution >= 0.6 is 0 Å². The van der Waals surface area contributed by atoms with Gasteiger partial charge in [0.2, 0.25) is 0 Å². The Hall–Kier alpha value is -1.90. The molecule has 1 nitrogen and oxygen atoms in total. The van der Waals surface area contributed by atoms with Gasteiger partial charge in [-0.05, 0) is 42.3 Å². The summed E-state index contributed by atoms with van der Waals surface area (Å²) in [6, 6.07) is 11.4. The van der Waals surface area contributed by atoms with Crippen molar-refractivity contribution in [1.29, 1.82) is 0 Å². The Labute approximate surface area is 105 Å². The summed E-state index contributed by atoms with van der Waals surface area (Å²) in [5.41, 5.74) is 2.45. The molecule has 18 heavy (non-hydrogen) atoms. The average Bonchev–Trinajstić information content (AvgIpc) is 2.40. The van der Waals surface area contributed by atoms with Crippen molar-refractivity contribution in [3.8, 4) is 0 Å². The highest BCUT2D eigenvalue weighted by Gasteiger charge is 2.03. The van der Waals surface area contributed by atoms with Crippen molar-refractivity contribution >= 4 is 5.69 Å². The van der Waals surface area contributed by atoms with E-state index in [1.807, 2.05) is 24.3 Å². The number of rotatable bonds is 4. The van der Waals surface area contributed by atoms with E-state index in [9.17, 15) is 8.78 Å². The maximum Gasteiger partial charge on any atom is 0.128 e. The lowest BCUT2D eigenvalue weighted by Crippen LogP contribution is -2.02. The van der Waals surface area contributed by atoms with Crippen LogP contribution in [0.15, 0.2) is 42.5 Å². The third-order valence-electron chi connectivity index (χ3n) is 2.83. The van der Waals surface area contributed by atoms with Gasteiger partial charge < -0.3 is 5.32 Å². The monoisotopic (exact) mass is 247 g/mol. The quantitative estimate of drug-likeness (QED) is 0.856. The maximum absolute atomic E-state index is 13.4. The summed E-state index contributed by atoms with van der Waals surface area (Å²) in [4.78, 5) is 0. The van der Waals surface area contributed by atoms with E-state index < -0.39 is 11.6 Å². The summed E-state index contributed by atoms with van der Waals surface area (Å²) in [6.07, 6.45) is 0.948. The van der Waals surface area contributed by atoms with Crippen LogP contribution in [-0.2, 0) is 13.0 Å². The molecular weight excluding hydrogens is 232 g/mol. The molecule has 0 aliphatic heterocycles. The molecule has 0 amide bonds. The van der Waals surface area contributed by atoms with Crippen molar-refractivity contribution in [3.05, 3.63) is 65.2 Å². The van der Waals surface area contributed by atoms with Crippen molar-refractivity contribution in [3.63, 3.8) is 0 Å². The van der Waals surface area contributed by atoms with E-state index in [-0.39, 0.29) is 6.54 Å². The molecule has 0 aliphatic rings. The fraction of sp³-hybridized carbons (Fsp3) is 0.200. The lowest BCUT2D eigenvalue weighted by atomic mass is 10.1. The summed E-state index contributed by atoms with van der Waals surface area (Å²) < 4.78 is 26.4. The molecular formula is C15H15F2N. The van der Waals surface area contributed by atoms with Gasteiger partial charge in [-0.1, -0.05) is 19.1 Å². The molecule has 0 saturated heterocycles. The van der Waals surface area contributed by atoms with Gasteiger partial charge in [0.25, 0.3) is 0 Å². The standard InChI is InChI=1S/C15H15F2N/c1-2-11-4-3-5-14(8-11)18-10-12-9-13(16)6-7-15(12)17/h3-9,18H,2,10H2,1H3. The summed E-state index contributed by atoms with van der Waals surface area (Å²) in [5.74, 6) is -0.814. The first-order valence-corrected chi connectivity index (χ1v) is 5.96. The van der Waals surface area contributed by atoms with Crippen LogP contribution in [-0.4, -0.2) is 0 Å². The Morgan fingerprint density at radius 3 is 2.67 bits per heavy atom. The van der Waals surface area contributed by atoms with Crippen LogP contribution in [0.5, 0.6) is 0 Å². The molecule has 0 saturated carbocycles. The van der Waals surface area contributed by atoms with E-state index in [0.717, 1.165) is 24.2 Å². The number of aryl methyl sites for hydroxylation is 1.